The molecule has 13 heavy (non-hydrogen) atoms. The summed E-state index contributed by atoms with van der Waals surface area (Å²) in [5.41, 5.74) is 5.21. The van der Waals surface area contributed by atoms with Gasteiger partial charge in [0, 0.05) is 13.0 Å². The van der Waals surface area contributed by atoms with Crippen molar-refractivity contribution in [3.63, 3.8) is 0 Å². The van der Waals surface area contributed by atoms with Crippen LogP contribution in [0, 0.1) is 0 Å². The molecule has 2 rings (SSSR count). The van der Waals surface area contributed by atoms with Crippen molar-refractivity contribution in [1.82, 2.24) is 4.90 Å². The Labute approximate surface area is 77.1 Å². The molecule has 4 nitrogen and oxygen atoms in total. The molecule has 2 aliphatic rings. The van der Waals surface area contributed by atoms with Gasteiger partial charge in [0.1, 0.15) is 5.78 Å². The van der Waals surface area contributed by atoms with Gasteiger partial charge in [0.05, 0.1) is 12.1 Å². The molecule has 2 fully saturated rings. The van der Waals surface area contributed by atoms with E-state index in [9.17, 15) is 9.59 Å². The van der Waals surface area contributed by atoms with Crippen LogP contribution in [0.3, 0.4) is 0 Å². The smallest absolute Gasteiger partial charge is 0.234 e. The maximum Gasteiger partial charge on any atom is 0.234 e. The van der Waals surface area contributed by atoms with Gasteiger partial charge >= 0.3 is 0 Å². The lowest BCUT2D eigenvalue weighted by molar-refractivity contribution is -0.134. The van der Waals surface area contributed by atoms with Crippen molar-refractivity contribution in [1.29, 1.82) is 0 Å². The number of likely N-dealkylation sites (tertiary alicyclic amines) is 1. The molecule has 1 heterocycles. The Morgan fingerprint density at radius 2 is 2.23 bits per heavy atom. The molecular weight excluding hydrogens is 168 g/mol. The standard InChI is InChI=1S/C9H14N2O2/c10-9(13)7-4-5-11(7)6-2-1-3-8(6)12/h6-7H,1-5H2,(H2,10,13). The van der Waals surface area contributed by atoms with Crippen molar-refractivity contribution in [2.45, 2.75) is 37.8 Å². The molecule has 2 N–H and O–H groups in total. The van der Waals surface area contributed by atoms with Gasteiger partial charge in [0.2, 0.25) is 5.91 Å². The molecule has 0 aromatic rings. The number of nitrogens with zero attached hydrogens (tertiary/aromatic N) is 1. The van der Waals surface area contributed by atoms with Crippen molar-refractivity contribution in [3.05, 3.63) is 0 Å². The van der Waals surface area contributed by atoms with Gasteiger partial charge in [-0.25, -0.2) is 0 Å². The number of nitrogens with two attached hydrogens (primary N) is 1. The number of hydrogen-bond acceptors (Lipinski definition) is 3. The maximum atomic E-state index is 11.4. The van der Waals surface area contributed by atoms with Gasteiger partial charge in [-0.1, -0.05) is 0 Å². The van der Waals surface area contributed by atoms with Gasteiger partial charge in [-0.2, -0.15) is 0 Å². The summed E-state index contributed by atoms with van der Waals surface area (Å²) in [6.45, 7) is 0.851. The Balaban J connectivity index is 2.01. The topological polar surface area (TPSA) is 63.4 Å². The molecule has 2 unspecified atom stereocenters. The number of ketones is 1. The summed E-state index contributed by atoms with van der Waals surface area (Å²) in [5.74, 6) is -0.00287. The highest BCUT2D eigenvalue weighted by atomic mass is 16.2. The number of amides is 1. The van der Waals surface area contributed by atoms with E-state index in [1.54, 1.807) is 0 Å². The van der Waals surface area contributed by atoms with E-state index in [0.29, 0.717) is 6.42 Å². The predicted molar refractivity (Wildman–Crippen MR) is 47.0 cm³/mol. The molecule has 1 aliphatic heterocycles. The average molecular weight is 182 g/mol. The first-order chi connectivity index (χ1) is 6.20. The molecule has 0 spiro atoms. The molecule has 1 saturated carbocycles. The van der Waals surface area contributed by atoms with E-state index < -0.39 is 0 Å². The van der Waals surface area contributed by atoms with E-state index in [-0.39, 0.29) is 23.8 Å². The largest absolute Gasteiger partial charge is 0.368 e. The van der Waals surface area contributed by atoms with E-state index in [0.717, 1.165) is 25.8 Å². The van der Waals surface area contributed by atoms with Crippen LogP contribution in [0.1, 0.15) is 25.7 Å². The van der Waals surface area contributed by atoms with Gasteiger partial charge < -0.3 is 5.73 Å². The fraction of sp³-hybridized carbons (Fsp3) is 0.778. The van der Waals surface area contributed by atoms with E-state index >= 15 is 0 Å². The quantitative estimate of drug-likeness (QED) is 0.636. The predicted octanol–water partition coefficient (Wildman–Crippen LogP) is -0.332. The Kier molecular flexibility index (Phi) is 2.07. The highest BCUT2D eigenvalue weighted by Crippen LogP contribution is 2.28. The minimum atomic E-state index is -0.286. The minimum Gasteiger partial charge on any atom is -0.368 e. The van der Waals surface area contributed by atoms with Crippen molar-refractivity contribution in [3.8, 4) is 0 Å². The monoisotopic (exact) mass is 182 g/mol. The van der Waals surface area contributed by atoms with Crippen LogP contribution in [-0.4, -0.2) is 35.2 Å². The Bertz CT molecular complexity index is 252. The number of carbonyl (C=O) groups excluding carboxylic acids is 2. The SMILES string of the molecule is NC(=O)C1CCN1C1CCCC1=O. The first-order valence-corrected chi connectivity index (χ1v) is 4.78. The second-order valence-corrected chi connectivity index (χ2v) is 3.82. The molecule has 1 amide bonds. The summed E-state index contributed by atoms with van der Waals surface area (Å²) < 4.78 is 0. The molecule has 2 atom stereocenters. The van der Waals surface area contributed by atoms with Gasteiger partial charge in [-0.15, -0.1) is 0 Å². The third kappa shape index (κ3) is 1.35. The van der Waals surface area contributed by atoms with Crippen LogP contribution in [0.2, 0.25) is 0 Å². The summed E-state index contributed by atoms with van der Waals surface area (Å²) in [4.78, 5) is 24.3. The van der Waals surface area contributed by atoms with Gasteiger partial charge in [-0.3, -0.25) is 14.5 Å². The van der Waals surface area contributed by atoms with Crippen LogP contribution in [0.5, 0.6) is 0 Å². The van der Waals surface area contributed by atoms with Crippen LogP contribution in [0.15, 0.2) is 0 Å². The van der Waals surface area contributed by atoms with Gasteiger partial charge in [0.25, 0.3) is 0 Å². The fourth-order valence-electron chi connectivity index (χ4n) is 2.23. The van der Waals surface area contributed by atoms with Crippen LogP contribution in [-0.2, 0) is 9.59 Å². The first kappa shape index (κ1) is 8.69. The molecule has 72 valence electrons. The molecular formula is C9H14N2O2. The first-order valence-electron chi connectivity index (χ1n) is 4.78. The fourth-order valence-corrected chi connectivity index (χ4v) is 2.23. The average Bonchev–Trinajstić information content (AvgIpc) is 2.33. The third-order valence-corrected chi connectivity index (χ3v) is 3.06. The van der Waals surface area contributed by atoms with Crippen molar-refractivity contribution < 1.29 is 9.59 Å². The van der Waals surface area contributed by atoms with Crippen LogP contribution >= 0.6 is 0 Å². The molecule has 0 aromatic carbocycles. The van der Waals surface area contributed by atoms with Gasteiger partial charge in [0.15, 0.2) is 0 Å². The summed E-state index contributed by atoms with van der Waals surface area (Å²) in [6, 6.07) is -0.182. The summed E-state index contributed by atoms with van der Waals surface area (Å²) >= 11 is 0. The van der Waals surface area contributed by atoms with Gasteiger partial charge in [-0.05, 0) is 19.3 Å². The molecule has 1 saturated heterocycles. The third-order valence-electron chi connectivity index (χ3n) is 3.06. The Morgan fingerprint density at radius 1 is 1.46 bits per heavy atom. The Hall–Kier alpha value is -0.900. The number of rotatable bonds is 2. The van der Waals surface area contributed by atoms with E-state index in [1.165, 1.54) is 0 Å². The zero-order chi connectivity index (χ0) is 9.42. The molecule has 4 heteroatoms. The van der Waals surface area contributed by atoms with E-state index in [4.69, 9.17) is 5.73 Å². The zero-order valence-electron chi connectivity index (χ0n) is 7.53. The van der Waals surface area contributed by atoms with Crippen LogP contribution in [0.25, 0.3) is 0 Å². The number of carbonyl (C=O) groups is 2. The van der Waals surface area contributed by atoms with Crippen LogP contribution < -0.4 is 5.73 Å². The Morgan fingerprint density at radius 3 is 2.62 bits per heavy atom. The van der Waals surface area contributed by atoms with Crippen molar-refractivity contribution >= 4 is 11.7 Å². The molecule has 0 radical (unpaired) electrons. The highest BCUT2D eigenvalue weighted by Gasteiger charge is 2.41. The summed E-state index contributed by atoms with van der Waals surface area (Å²) in [7, 11) is 0. The maximum absolute atomic E-state index is 11.4. The number of primary amides is 1. The molecule has 0 aromatic heterocycles. The zero-order valence-corrected chi connectivity index (χ0v) is 7.53. The lowest BCUT2D eigenvalue weighted by Crippen LogP contribution is -2.59. The van der Waals surface area contributed by atoms with E-state index in [1.807, 2.05) is 4.90 Å². The number of hydrogen-bond donors (Lipinski definition) is 1. The van der Waals surface area contributed by atoms with Crippen molar-refractivity contribution in [2.75, 3.05) is 6.54 Å². The highest BCUT2D eigenvalue weighted by molar-refractivity contribution is 5.88. The molecule has 0 bridgehead atoms. The lowest BCUT2D eigenvalue weighted by atomic mass is 9.98. The summed E-state index contributed by atoms with van der Waals surface area (Å²) in [6.07, 6.45) is 3.36. The second-order valence-electron chi connectivity index (χ2n) is 3.82. The lowest BCUT2D eigenvalue weighted by Gasteiger charge is -2.42. The van der Waals surface area contributed by atoms with Crippen molar-refractivity contribution in [2.24, 2.45) is 5.73 Å². The van der Waals surface area contributed by atoms with E-state index in [2.05, 4.69) is 0 Å². The summed E-state index contributed by atoms with van der Waals surface area (Å²) in [5, 5.41) is 0. The van der Waals surface area contributed by atoms with Crippen LogP contribution in [0.4, 0.5) is 0 Å². The normalized spacial score (nSPS) is 34.6. The minimum absolute atomic E-state index is 0.00810. The molecule has 1 aliphatic carbocycles. The second kappa shape index (κ2) is 3.10. The number of Topliss-reactive ketones (excluding diaryl/α,β-unsaturated/α-hetero) is 1.